The summed E-state index contributed by atoms with van der Waals surface area (Å²) in [4.78, 5) is 11.1. The van der Waals surface area contributed by atoms with Gasteiger partial charge in [-0.05, 0) is 60.9 Å². The SMILES string of the molecule is Cc1ccc(S(=O)(=O)N(C)CCc2ccc(OCC(=O)O)c(-c3cccc(C(F)(F)F)c3)c2)cc1. The third kappa shape index (κ3) is 6.61. The highest BCUT2D eigenvalue weighted by Crippen LogP contribution is 2.36. The van der Waals surface area contributed by atoms with Gasteiger partial charge in [-0.1, -0.05) is 35.9 Å². The van der Waals surface area contributed by atoms with Crippen molar-refractivity contribution < 1.29 is 36.2 Å². The van der Waals surface area contributed by atoms with Gasteiger partial charge >= 0.3 is 12.1 Å². The molecule has 3 rings (SSSR count). The highest BCUT2D eigenvalue weighted by molar-refractivity contribution is 7.89. The zero-order valence-corrected chi connectivity index (χ0v) is 19.9. The minimum Gasteiger partial charge on any atom is -0.481 e. The molecule has 0 amide bonds. The fourth-order valence-electron chi connectivity index (χ4n) is 3.38. The second kappa shape index (κ2) is 10.5. The maximum absolute atomic E-state index is 13.2. The zero-order valence-electron chi connectivity index (χ0n) is 19.0. The standard InChI is InChI=1S/C25H24F3NO5S/c1-17-6-9-21(10-7-17)35(32,33)29(2)13-12-18-8-11-23(34-16-24(30)31)22(14-18)19-4-3-5-20(15-19)25(26,27)28/h3-11,14-15H,12-13,16H2,1-2H3,(H,30,31). The molecule has 6 nitrogen and oxygen atoms in total. The molecule has 0 saturated carbocycles. The van der Waals surface area contributed by atoms with Crippen molar-refractivity contribution in [3.63, 3.8) is 0 Å². The van der Waals surface area contributed by atoms with Crippen LogP contribution in [0, 0.1) is 6.92 Å². The van der Waals surface area contributed by atoms with Crippen molar-refractivity contribution in [2.75, 3.05) is 20.2 Å². The largest absolute Gasteiger partial charge is 0.481 e. The Kier molecular flexibility index (Phi) is 7.86. The Balaban J connectivity index is 1.88. The fraction of sp³-hybridized carbons (Fsp3) is 0.240. The lowest BCUT2D eigenvalue weighted by molar-refractivity contribution is -0.139. The molecule has 0 aliphatic heterocycles. The minimum atomic E-state index is -4.55. The first-order chi connectivity index (χ1) is 16.4. The first-order valence-electron chi connectivity index (χ1n) is 10.6. The first kappa shape index (κ1) is 26.2. The van der Waals surface area contributed by atoms with Gasteiger partial charge in [0.15, 0.2) is 6.61 Å². The number of aryl methyl sites for hydroxylation is 1. The van der Waals surface area contributed by atoms with Gasteiger partial charge in [0.2, 0.25) is 10.0 Å². The Hall–Kier alpha value is -3.37. The summed E-state index contributed by atoms with van der Waals surface area (Å²) >= 11 is 0. The lowest BCUT2D eigenvalue weighted by atomic mass is 9.98. The summed E-state index contributed by atoms with van der Waals surface area (Å²) < 4.78 is 71.8. The van der Waals surface area contributed by atoms with Gasteiger partial charge in [0.05, 0.1) is 10.5 Å². The van der Waals surface area contributed by atoms with Gasteiger partial charge < -0.3 is 9.84 Å². The Morgan fingerprint density at radius 2 is 1.71 bits per heavy atom. The predicted molar refractivity (Wildman–Crippen MR) is 125 cm³/mol. The minimum absolute atomic E-state index is 0.108. The van der Waals surface area contributed by atoms with Crippen molar-refractivity contribution in [3.8, 4) is 16.9 Å². The van der Waals surface area contributed by atoms with Gasteiger partial charge in [-0.2, -0.15) is 13.2 Å². The molecule has 0 aliphatic rings. The van der Waals surface area contributed by atoms with Crippen molar-refractivity contribution >= 4 is 16.0 Å². The van der Waals surface area contributed by atoms with Gasteiger partial charge in [0, 0.05) is 19.2 Å². The van der Waals surface area contributed by atoms with E-state index >= 15 is 0 Å². The molecule has 3 aromatic carbocycles. The van der Waals surface area contributed by atoms with E-state index in [0.717, 1.165) is 17.7 Å². The van der Waals surface area contributed by atoms with E-state index in [0.29, 0.717) is 5.56 Å². The molecule has 0 spiro atoms. The van der Waals surface area contributed by atoms with E-state index in [1.54, 1.807) is 24.3 Å². The van der Waals surface area contributed by atoms with Crippen LogP contribution in [0.3, 0.4) is 0 Å². The summed E-state index contributed by atoms with van der Waals surface area (Å²) in [6, 6.07) is 15.8. The number of carboxylic acids is 1. The molecule has 0 fully saturated rings. The number of halogens is 3. The van der Waals surface area contributed by atoms with Crippen LogP contribution in [0.2, 0.25) is 0 Å². The number of rotatable bonds is 9. The molecule has 0 saturated heterocycles. The second-order valence-corrected chi connectivity index (χ2v) is 10.0. The number of hydrogen-bond acceptors (Lipinski definition) is 4. The van der Waals surface area contributed by atoms with Crippen molar-refractivity contribution in [2.45, 2.75) is 24.4 Å². The van der Waals surface area contributed by atoms with Gasteiger partial charge in [0.25, 0.3) is 0 Å². The van der Waals surface area contributed by atoms with Gasteiger partial charge in [-0.25, -0.2) is 17.5 Å². The van der Waals surface area contributed by atoms with Crippen LogP contribution in [0.5, 0.6) is 5.75 Å². The number of ether oxygens (including phenoxy) is 1. The van der Waals surface area contributed by atoms with Crippen LogP contribution < -0.4 is 4.74 Å². The molecular formula is C25H24F3NO5S. The Morgan fingerprint density at radius 1 is 1.03 bits per heavy atom. The summed E-state index contributed by atoms with van der Waals surface area (Å²) in [5, 5.41) is 8.94. The van der Waals surface area contributed by atoms with Gasteiger partial charge in [-0.3, -0.25) is 0 Å². The third-order valence-corrected chi connectivity index (χ3v) is 7.21. The average Bonchev–Trinajstić information content (AvgIpc) is 2.81. The zero-order chi connectivity index (χ0) is 25.8. The topological polar surface area (TPSA) is 83.9 Å². The number of hydrogen-bond donors (Lipinski definition) is 1. The Morgan fingerprint density at radius 3 is 2.34 bits per heavy atom. The Bertz CT molecular complexity index is 1310. The lowest BCUT2D eigenvalue weighted by Crippen LogP contribution is -2.29. The molecule has 0 aromatic heterocycles. The van der Waals surface area contributed by atoms with Crippen LogP contribution in [0.15, 0.2) is 71.6 Å². The van der Waals surface area contributed by atoms with E-state index < -0.39 is 34.3 Å². The Labute approximate surface area is 201 Å². The number of likely N-dealkylation sites (N-methyl/N-ethyl adjacent to an activating group) is 1. The molecule has 0 atom stereocenters. The van der Waals surface area contributed by atoms with E-state index in [9.17, 15) is 26.4 Å². The molecule has 0 unspecified atom stereocenters. The first-order valence-corrected chi connectivity index (χ1v) is 12.0. The maximum atomic E-state index is 13.2. The van der Waals surface area contributed by atoms with Crippen LogP contribution in [-0.4, -0.2) is 44.0 Å². The highest BCUT2D eigenvalue weighted by Gasteiger charge is 2.30. The number of benzene rings is 3. The summed E-state index contributed by atoms with van der Waals surface area (Å²) in [7, 11) is -2.27. The van der Waals surface area contributed by atoms with E-state index in [4.69, 9.17) is 9.84 Å². The normalized spacial score (nSPS) is 12.1. The molecular weight excluding hydrogens is 483 g/mol. The van der Waals surface area contributed by atoms with Crippen LogP contribution in [0.25, 0.3) is 11.1 Å². The summed E-state index contributed by atoms with van der Waals surface area (Å²) in [5.74, 6) is -1.12. The molecule has 186 valence electrons. The number of sulfonamides is 1. The van der Waals surface area contributed by atoms with Crippen LogP contribution in [0.1, 0.15) is 16.7 Å². The summed E-state index contributed by atoms with van der Waals surface area (Å²) in [6.07, 6.45) is -4.28. The highest BCUT2D eigenvalue weighted by atomic mass is 32.2. The fourth-order valence-corrected chi connectivity index (χ4v) is 4.56. The molecule has 0 bridgehead atoms. The van der Waals surface area contributed by atoms with Crippen molar-refractivity contribution in [1.82, 2.24) is 4.31 Å². The summed E-state index contributed by atoms with van der Waals surface area (Å²) in [5.41, 5.74) is 1.19. The number of nitrogens with zero attached hydrogens (tertiary/aromatic N) is 1. The van der Waals surface area contributed by atoms with Crippen LogP contribution in [-0.2, 0) is 27.4 Å². The monoisotopic (exact) mass is 507 g/mol. The van der Waals surface area contributed by atoms with Gasteiger partial charge in [0.1, 0.15) is 5.75 Å². The number of aliphatic carboxylic acids is 1. The maximum Gasteiger partial charge on any atom is 0.416 e. The van der Waals surface area contributed by atoms with Crippen LogP contribution in [0.4, 0.5) is 13.2 Å². The smallest absolute Gasteiger partial charge is 0.416 e. The van der Waals surface area contributed by atoms with Gasteiger partial charge in [-0.15, -0.1) is 0 Å². The van der Waals surface area contributed by atoms with E-state index in [1.165, 1.54) is 41.7 Å². The molecule has 3 aromatic rings. The van der Waals surface area contributed by atoms with Crippen molar-refractivity contribution in [2.24, 2.45) is 0 Å². The number of alkyl halides is 3. The molecule has 10 heteroatoms. The predicted octanol–water partition coefficient (Wildman–Crippen LogP) is 5.01. The van der Waals surface area contributed by atoms with E-state index in [2.05, 4.69) is 0 Å². The molecule has 0 aliphatic carbocycles. The summed E-state index contributed by atoms with van der Waals surface area (Å²) in [6.45, 7) is 1.31. The number of carboxylic acid groups (broad SMARTS) is 1. The molecule has 35 heavy (non-hydrogen) atoms. The van der Waals surface area contributed by atoms with Crippen LogP contribution >= 0.6 is 0 Å². The van der Waals surface area contributed by atoms with E-state index in [-0.39, 0.29) is 34.7 Å². The van der Waals surface area contributed by atoms with E-state index in [1.807, 2.05) is 6.92 Å². The lowest BCUT2D eigenvalue weighted by Gasteiger charge is -2.18. The molecule has 1 N–H and O–H groups in total. The van der Waals surface area contributed by atoms with Crippen molar-refractivity contribution in [1.29, 1.82) is 0 Å². The average molecular weight is 508 g/mol. The molecule has 0 heterocycles. The third-order valence-electron chi connectivity index (χ3n) is 5.34. The second-order valence-electron chi connectivity index (χ2n) is 7.98. The number of carbonyl (C=O) groups is 1. The molecule has 0 radical (unpaired) electrons. The van der Waals surface area contributed by atoms with Crippen molar-refractivity contribution in [3.05, 3.63) is 83.4 Å². The quantitative estimate of drug-likeness (QED) is 0.440.